The van der Waals surface area contributed by atoms with Gasteiger partial charge in [0.05, 0.1) is 22.9 Å². The van der Waals surface area contributed by atoms with E-state index in [1.165, 1.54) is 0 Å². The van der Waals surface area contributed by atoms with E-state index >= 15 is 0 Å². The van der Waals surface area contributed by atoms with Gasteiger partial charge in [0.15, 0.2) is 0 Å². The lowest BCUT2D eigenvalue weighted by Crippen LogP contribution is -2.23. The lowest BCUT2D eigenvalue weighted by Gasteiger charge is -2.10. The molecule has 0 aliphatic carbocycles. The van der Waals surface area contributed by atoms with Gasteiger partial charge in [-0.2, -0.15) is 0 Å². The van der Waals surface area contributed by atoms with Crippen molar-refractivity contribution in [3.05, 3.63) is 106 Å². The molecule has 0 spiro atoms. The van der Waals surface area contributed by atoms with Gasteiger partial charge in [0.1, 0.15) is 12.4 Å². The maximum Gasteiger partial charge on any atom is 0.255 e. The molecule has 2 heterocycles. The van der Waals surface area contributed by atoms with Crippen molar-refractivity contribution < 1.29 is 14.3 Å². The van der Waals surface area contributed by atoms with Crippen LogP contribution in [0.15, 0.2) is 78.3 Å². The van der Waals surface area contributed by atoms with Gasteiger partial charge in [0, 0.05) is 28.4 Å². The molecule has 2 aromatic carbocycles. The first-order chi connectivity index (χ1) is 16.1. The number of carbonyl (C=O) groups is 2. The van der Waals surface area contributed by atoms with Crippen LogP contribution in [0.2, 0.25) is 0 Å². The molecule has 4 aromatic rings. The Balaban J connectivity index is 1.36. The van der Waals surface area contributed by atoms with Crippen molar-refractivity contribution in [2.24, 2.45) is 0 Å². The first-order valence-corrected chi connectivity index (χ1v) is 11.2. The second kappa shape index (κ2) is 10.5. The number of nitrogens with one attached hydrogen (secondary N) is 2. The average molecular weight is 459 g/mol. The average Bonchev–Trinajstić information content (AvgIpc) is 3.27. The maximum atomic E-state index is 12.7. The number of pyridine rings is 1. The number of carbonyl (C=O) groups excluding carboxylic acids is 2. The third kappa shape index (κ3) is 6.24. The summed E-state index contributed by atoms with van der Waals surface area (Å²) in [5, 5.41) is 8.59. The SMILES string of the molecule is Cc1nc(COc2cccc(C(=O)Nc3cccc(C(=O)NCc4ccccn4)c3)c2)cs1. The van der Waals surface area contributed by atoms with Crippen LogP contribution in [-0.2, 0) is 13.2 Å². The van der Waals surface area contributed by atoms with E-state index < -0.39 is 0 Å². The summed E-state index contributed by atoms with van der Waals surface area (Å²) < 4.78 is 5.77. The summed E-state index contributed by atoms with van der Waals surface area (Å²) in [6.07, 6.45) is 1.68. The molecule has 0 saturated carbocycles. The van der Waals surface area contributed by atoms with Crippen molar-refractivity contribution in [3.8, 4) is 5.75 Å². The molecule has 7 nitrogen and oxygen atoms in total. The fraction of sp³-hybridized carbons (Fsp3) is 0.120. The number of ether oxygens (including phenoxy) is 1. The predicted molar refractivity (Wildman–Crippen MR) is 127 cm³/mol. The van der Waals surface area contributed by atoms with Crippen LogP contribution in [0.25, 0.3) is 0 Å². The van der Waals surface area contributed by atoms with Crippen molar-refractivity contribution in [3.63, 3.8) is 0 Å². The number of thiazole rings is 1. The summed E-state index contributed by atoms with van der Waals surface area (Å²) in [6, 6.07) is 19.3. The second-order valence-corrected chi connectivity index (χ2v) is 8.28. The van der Waals surface area contributed by atoms with Gasteiger partial charge in [-0.1, -0.05) is 18.2 Å². The normalized spacial score (nSPS) is 10.5. The van der Waals surface area contributed by atoms with Gasteiger partial charge in [0.25, 0.3) is 11.8 Å². The minimum absolute atomic E-state index is 0.246. The summed E-state index contributed by atoms with van der Waals surface area (Å²) in [6.45, 7) is 2.60. The molecule has 33 heavy (non-hydrogen) atoms. The lowest BCUT2D eigenvalue weighted by molar-refractivity contribution is 0.0949. The first kappa shape index (κ1) is 22.2. The number of amides is 2. The highest BCUT2D eigenvalue weighted by molar-refractivity contribution is 7.09. The molecule has 2 N–H and O–H groups in total. The zero-order valence-electron chi connectivity index (χ0n) is 17.9. The zero-order chi connectivity index (χ0) is 23.0. The number of aryl methyl sites for hydroxylation is 1. The number of nitrogens with zero attached hydrogens (tertiary/aromatic N) is 2. The summed E-state index contributed by atoms with van der Waals surface area (Å²) in [5.74, 6) is 0.0383. The van der Waals surface area contributed by atoms with Crippen molar-refractivity contribution in [2.45, 2.75) is 20.1 Å². The summed E-state index contributed by atoms with van der Waals surface area (Å²) in [5.41, 5.74) is 3.04. The van der Waals surface area contributed by atoms with Gasteiger partial charge < -0.3 is 15.4 Å². The Hall–Kier alpha value is -4.04. The third-order valence-corrected chi connectivity index (χ3v) is 5.51. The maximum absolute atomic E-state index is 12.7. The molecule has 166 valence electrons. The Morgan fingerprint density at radius 3 is 2.52 bits per heavy atom. The highest BCUT2D eigenvalue weighted by atomic mass is 32.1. The molecule has 0 saturated heterocycles. The number of aromatic nitrogens is 2. The van der Waals surface area contributed by atoms with Crippen LogP contribution in [-0.4, -0.2) is 21.8 Å². The molecule has 8 heteroatoms. The number of anilines is 1. The van der Waals surface area contributed by atoms with Crippen LogP contribution >= 0.6 is 11.3 Å². The second-order valence-electron chi connectivity index (χ2n) is 7.21. The van der Waals surface area contributed by atoms with E-state index in [0.29, 0.717) is 35.7 Å². The van der Waals surface area contributed by atoms with Crippen molar-refractivity contribution in [1.29, 1.82) is 0 Å². The molecule has 0 unspecified atom stereocenters. The van der Waals surface area contributed by atoms with E-state index in [0.717, 1.165) is 16.4 Å². The molecular formula is C25H22N4O3S. The quantitative estimate of drug-likeness (QED) is 0.402. The number of benzene rings is 2. The molecule has 4 rings (SSSR count). The Morgan fingerprint density at radius 2 is 1.76 bits per heavy atom. The summed E-state index contributed by atoms with van der Waals surface area (Å²) in [4.78, 5) is 33.8. The van der Waals surface area contributed by atoms with Gasteiger partial charge >= 0.3 is 0 Å². The molecule has 0 aliphatic rings. The highest BCUT2D eigenvalue weighted by Crippen LogP contribution is 2.18. The molecule has 0 aliphatic heterocycles. The van der Waals surface area contributed by atoms with Crippen LogP contribution in [0.5, 0.6) is 5.75 Å². The number of hydrogen-bond donors (Lipinski definition) is 2. The Kier molecular flexibility index (Phi) is 7.06. The minimum Gasteiger partial charge on any atom is -0.487 e. The number of hydrogen-bond acceptors (Lipinski definition) is 6. The molecular weight excluding hydrogens is 436 g/mol. The number of rotatable bonds is 8. The van der Waals surface area contributed by atoms with E-state index in [9.17, 15) is 9.59 Å². The van der Waals surface area contributed by atoms with Crippen LogP contribution < -0.4 is 15.4 Å². The van der Waals surface area contributed by atoms with Gasteiger partial charge in [0.2, 0.25) is 0 Å². The standard InChI is InChI=1S/C25H22N4O3S/c1-17-28-22(16-33-17)15-32-23-10-5-7-19(13-23)25(31)29-20-9-4-6-18(12-20)24(30)27-14-21-8-2-3-11-26-21/h2-13,16H,14-15H2,1H3,(H,27,30)(H,29,31). The van der Waals surface area contributed by atoms with Crippen LogP contribution in [0.3, 0.4) is 0 Å². The molecule has 2 aromatic heterocycles. The summed E-state index contributed by atoms with van der Waals surface area (Å²) in [7, 11) is 0. The molecule has 0 radical (unpaired) electrons. The zero-order valence-corrected chi connectivity index (χ0v) is 18.8. The largest absolute Gasteiger partial charge is 0.487 e. The Labute approximate surface area is 195 Å². The summed E-state index contributed by atoms with van der Waals surface area (Å²) >= 11 is 1.57. The Bertz CT molecular complexity index is 1260. The third-order valence-electron chi connectivity index (χ3n) is 4.69. The van der Waals surface area contributed by atoms with Crippen molar-refractivity contribution in [1.82, 2.24) is 15.3 Å². The Morgan fingerprint density at radius 1 is 0.939 bits per heavy atom. The van der Waals surface area contributed by atoms with Crippen molar-refractivity contribution >= 4 is 28.8 Å². The van der Waals surface area contributed by atoms with Crippen LogP contribution in [0.4, 0.5) is 5.69 Å². The van der Waals surface area contributed by atoms with Gasteiger partial charge in [-0.05, 0) is 55.5 Å². The molecule has 2 amide bonds. The smallest absolute Gasteiger partial charge is 0.255 e. The van der Waals surface area contributed by atoms with Crippen LogP contribution in [0.1, 0.15) is 37.1 Å². The topological polar surface area (TPSA) is 93.2 Å². The van der Waals surface area contributed by atoms with Crippen molar-refractivity contribution in [2.75, 3.05) is 5.32 Å². The van der Waals surface area contributed by atoms with Crippen LogP contribution in [0, 0.1) is 6.92 Å². The van der Waals surface area contributed by atoms with E-state index in [-0.39, 0.29) is 11.8 Å². The fourth-order valence-electron chi connectivity index (χ4n) is 3.08. The van der Waals surface area contributed by atoms with E-state index in [4.69, 9.17) is 4.74 Å². The molecule has 0 fully saturated rings. The minimum atomic E-state index is -0.295. The lowest BCUT2D eigenvalue weighted by atomic mass is 10.1. The predicted octanol–water partition coefficient (Wildman–Crippen LogP) is 4.61. The van der Waals surface area contributed by atoms with E-state index in [2.05, 4.69) is 20.6 Å². The highest BCUT2D eigenvalue weighted by Gasteiger charge is 2.11. The van der Waals surface area contributed by atoms with Gasteiger partial charge in [-0.25, -0.2) is 4.98 Å². The van der Waals surface area contributed by atoms with E-state index in [1.807, 2.05) is 30.5 Å². The molecule has 0 atom stereocenters. The monoisotopic (exact) mass is 458 g/mol. The molecule has 0 bridgehead atoms. The van der Waals surface area contributed by atoms with Gasteiger partial charge in [-0.15, -0.1) is 11.3 Å². The first-order valence-electron chi connectivity index (χ1n) is 10.3. The van der Waals surface area contributed by atoms with E-state index in [1.54, 1.807) is 66.1 Å². The van der Waals surface area contributed by atoms with Gasteiger partial charge in [-0.3, -0.25) is 14.6 Å². The fourth-order valence-corrected chi connectivity index (χ4v) is 3.67.